The van der Waals surface area contributed by atoms with Crippen molar-refractivity contribution in [1.29, 1.82) is 0 Å². The maximum Gasteiger partial charge on any atom is 0.258 e. The first-order valence-electron chi connectivity index (χ1n) is 6.46. The molecule has 0 aliphatic carbocycles. The molecule has 1 amide bonds. The maximum atomic E-state index is 13.5. The van der Waals surface area contributed by atoms with E-state index in [2.05, 4.69) is 0 Å². The second-order valence-corrected chi connectivity index (χ2v) is 4.62. The van der Waals surface area contributed by atoms with E-state index in [1.54, 1.807) is 11.0 Å². The fourth-order valence-corrected chi connectivity index (χ4v) is 2.06. The number of amides is 1. The van der Waals surface area contributed by atoms with Gasteiger partial charge in [0.15, 0.2) is 0 Å². The van der Waals surface area contributed by atoms with Crippen molar-refractivity contribution in [3.8, 4) is 0 Å². The fourth-order valence-electron chi connectivity index (χ4n) is 2.06. The zero-order chi connectivity index (χ0) is 14.7. The number of nitrogen functional groups attached to an aromatic ring is 1. The van der Waals surface area contributed by atoms with Gasteiger partial charge < -0.3 is 10.6 Å². The van der Waals surface area contributed by atoms with Crippen LogP contribution in [0.5, 0.6) is 0 Å². The Kier molecular flexibility index (Phi) is 4.03. The molecule has 0 radical (unpaired) electrons. The van der Waals surface area contributed by atoms with Gasteiger partial charge in [-0.25, -0.2) is 4.39 Å². The van der Waals surface area contributed by atoms with Gasteiger partial charge in [-0.1, -0.05) is 12.1 Å². The minimum absolute atomic E-state index is 0.0418. The summed E-state index contributed by atoms with van der Waals surface area (Å²) in [6.07, 6.45) is 0. The van der Waals surface area contributed by atoms with Gasteiger partial charge in [-0.2, -0.15) is 0 Å². The number of carbonyl (C=O) groups excluding carboxylic acids is 1. The third-order valence-electron chi connectivity index (χ3n) is 3.12. The Morgan fingerprint density at radius 2 is 2.00 bits per heavy atom. The summed E-state index contributed by atoms with van der Waals surface area (Å²) >= 11 is 0. The average Bonchev–Trinajstić information content (AvgIpc) is 2.42. The number of halogens is 1. The number of hydrogen-bond acceptors (Lipinski definition) is 2. The smallest absolute Gasteiger partial charge is 0.258 e. The number of hydrogen-bond donors (Lipinski definition) is 1. The Hall–Kier alpha value is -2.36. The molecule has 0 saturated heterocycles. The molecule has 20 heavy (non-hydrogen) atoms. The monoisotopic (exact) mass is 272 g/mol. The van der Waals surface area contributed by atoms with Crippen molar-refractivity contribution in [3.05, 3.63) is 59.4 Å². The number of carbonyl (C=O) groups is 1. The lowest BCUT2D eigenvalue weighted by atomic mass is 10.1. The minimum atomic E-state index is -0.573. The zero-order valence-corrected chi connectivity index (χ0v) is 11.6. The summed E-state index contributed by atoms with van der Waals surface area (Å²) in [7, 11) is 0. The van der Waals surface area contributed by atoms with Crippen molar-refractivity contribution >= 4 is 17.3 Å². The minimum Gasteiger partial charge on any atom is -0.396 e. The quantitative estimate of drug-likeness (QED) is 0.871. The van der Waals surface area contributed by atoms with Crippen LogP contribution in [0.3, 0.4) is 0 Å². The SMILES string of the molecule is CCN(C(=O)c1ccc(N)c(F)c1)c1cccc(C)c1. The maximum absolute atomic E-state index is 13.5. The van der Waals surface area contributed by atoms with Gasteiger partial charge in [0, 0.05) is 17.8 Å². The molecule has 0 heterocycles. The lowest BCUT2D eigenvalue weighted by Crippen LogP contribution is -2.30. The van der Waals surface area contributed by atoms with Gasteiger partial charge in [0.1, 0.15) is 5.82 Å². The molecule has 0 fully saturated rings. The van der Waals surface area contributed by atoms with Crippen LogP contribution in [-0.2, 0) is 0 Å². The number of nitrogens with zero attached hydrogens (tertiary/aromatic N) is 1. The van der Waals surface area contributed by atoms with E-state index in [0.717, 1.165) is 11.3 Å². The summed E-state index contributed by atoms with van der Waals surface area (Å²) < 4.78 is 13.5. The summed E-state index contributed by atoms with van der Waals surface area (Å²) in [6.45, 7) is 4.35. The normalized spacial score (nSPS) is 10.3. The van der Waals surface area contributed by atoms with E-state index in [9.17, 15) is 9.18 Å². The largest absolute Gasteiger partial charge is 0.396 e. The third kappa shape index (κ3) is 2.79. The van der Waals surface area contributed by atoms with E-state index < -0.39 is 5.82 Å². The molecule has 0 aliphatic rings. The van der Waals surface area contributed by atoms with Crippen molar-refractivity contribution in [2.45, 2.75) is 13.8 Å². The topological polar surface area (TPSA) is 46.3 Å². The summed E-state index contributed by atoms with van der Waals surface area (Å²) in [5.41, 5.74) is 7.63. The Morgan fingerprint density at radius 1 is 1.25 bits per heavy atom. The van der Waals surface area contributed by atoms with E-state index >= 15 is 0 Å². The highest BCUT2D eigenvalue weighted by molar-refractivity contribution is 6.06. The van der Waals surface area contributed by atoms with E-state index in [0.29, 0.717) is 12.1 Å². The second-order valence-electron chi connectivity index (χ2n) is 4.62. The second kappa shape index (κ2) is 5.74. The first kappa shape index (κ1) is 14.1. The molecule has 2 rings (SSSR count). The van der Waals surface area contributed by atoms with Crippen molar-refractivity contribution in [2.24, 2.45) is 0 Å². The van der Waals surface area contributed by atoms with E-state index in [-0.39, 0.29) is 11.6 Å². The van der Waals surface area contributed by atoms with Gasteiger partial charge in [-0.3, -0.25) is 4.79 Å². The first-order chi connectivity index (χ1) is 9.52. The average molecular weight is 272 g/mol. The number of nitrogens with two attached hydrogens (primary N) is 1. The molecular weight excluding hydrogens is 255 g/mol. The molecule has 2 N–H and O–H groups in total. The van der Waals surface area contributed by atoms with E-state index in [1.165, 1.54) is 12.1 Å². The van der Waals surface area contributed by atoms with Crippen LogP contribution in [0.1, 0.15) is 22.8 Å². The summed E-state index contributed by atoms with van der Waals surface area (Å²) in [4.78, 5) is 14.1. The van der Waals surface area contributed by atoms with Gasteiger partial charge in [0.25, 0.3) is 5.91 Å². The molecule has 2 aromatic carbocycles. The number of aryl methyl sites for hydroxylation is 1. The van der Waals surface area contributed by atoms with Gasteiger partial charge in [0.05, 0.1) is 5.69 Å². The van der Waals surface area contributed by atoms with Gasteiger partial charge in [-0.15, -0.1) is 0 Å². The van der Waals surface area contributed by atoms with Gasteiger partial charge in [-0.05, 0) is 49.7 Å². The van der Waals surface area contributed by atoms with Crippen molar-refractivity contribution in [1.82, 2.24) is 0 Å². The number of rotatable bonds is 3. The van der Waals surface area contributed by atoms with E-state index in [1.807, 2.05) is 38.1 Å². The molecule has 0 bridgehead atoms. The summed E-state index contributed by atoms with van der Waals surface area (Å²) in [6, 6.07) is 11.8. The molecule has 0 unspecified atom stereocenters. The Morgan fingerprint density at radius 3 is 2.60 bits per heavy atom. The van der Waals surface area contributed by atoms with Crippen LogP contribution in [-0.4, -0.2) is 12.5 Å². The van der Waals surface area contributed by atoms with Gasteiger partial charge in [0.2, 0.25) is 0 Å². The Bertz CT molecular complexity index is 640. The van der Waals surface area contributed by atoms with Crippen LogP contribution < -0.4 is 10.6 Å². The van der Waals surface area contributed by atoms with Crippen LogP contribution in [0, 0.1) is 12.7 Å². The molecule has 0 spiro atoms. The summed E-state index contributed by atoms with van der Waals surface area (Å²) in [5.74, 6) is -0.812. The molecule has 2 aromatic rings. The van der Waals surface area contributed by atoms with Crippen molar-refractivity contribution in [3.63, 3.8) is 0 Å². The highest BCUT2D eigenvalue weighted by Crippen LogP contribution is 2.20. The van der Waals surface area contributed by atoms with Crippen LogP contribution in [0.4, 0.5) is 15.8 Å². The lowest BCUT2D eigenvalue weighted by Gasteiger charge is -2.21. The van der Waals surface area contributed by atoms with Crippen molar-refractivity contribution < 1.29 is 9.18 Å². The van der Waals surface area contributed by atoms with Crippen LogP contribution >= 0.6 is 0 Å². The fraction of sp³-hybridized carbons (Fsp3) is 0.188. The molecule has 0 saturated carbocycles. The number of benzene rings is 2. The summed E-state index contributed by atoms with van der Waals surface area (Å²) in [5, 5.41) is 0. The lowest BCUT2D eigenvalue weighted by molar-refractivity contribution is 0.0988. The molecular formula is C16H17FN2O. The molecule has 0 aliphatic heterocycles. The van der Waals surface area contributed by atoms with E-state index in [4.69, 9.17) is 5.73 Å². The third-order valence-corrected chi connectivity index (χ3v) is 3.12. The highest BCUT2D eigenvalue weighted by Gasteiger charge is 2.17. The predicted octanol–water partition coefficient (Wildman–Crippen LogP) is 3.38. The van der Waals surface area contributed by atoms with Gasteiger partial charge >= 0.3 is 0 Å². The molecule has 0 atom stereocenters. The molecule has 3 nitrogen and oxygen atoms in total. The Balaban J connectivity index is 2.36. The highest BCUT2D eigenvalue weighted by atomic mass is 19.1. The standard InChI is InChI=1S/C16H17FN2O/c1-3-19(13-6-4-5-11(2)9-13)16(20)12-7-8-15(18)14(17)10-12/h4-10H,3,18H2,1-2H3. The molecule has 0 aromatic heterocycles. The predicted molar refractivity (Wildman–Crippen MR) is 79.3 cm³/mol. The molecule has 104 valence electrons. The Labute approximate surface area is 117 Å². The van der Waals surface area contributed by atoms with Crippen LogP contribution in [0.15, 0.2) is 42.5 Å². The van der Waals surface area contributed by atoms with Crippen LogP contribution in [0.25, 0.3) is 0 Å². The van der Waals surface area contributed by atoms with Crippen LogP contribution in [0.2, 0.25) is 0 Å². The zero-order valence-electron chi connectivity index (χ0n) is 11.6. The first-order valence-corrected chi connectivity index (χ1v) is 6.46. The molecule has 4 heteroatoms. The van der Waals surface area contributed by atoms with Crippen molar-refractivity contribution in [2.75, 3.05) is 17.2 Å². The number of anilines is 2.